The number of carbonyl (C=O) groups excluding carboxylic acids is 2. The zero-order valence-corrected chi connectivity index (χ0v) is 17.5. The number of aryl methyl sites for hydroxylation is 2. The summed E-state index contributed by atoms with van der Waals surface area (Å²) in [5.74, 6) is -0.695. The number of hydrazone groups is 1. The number of non-ortho nitro benzene ring substituents is 1. The van der Waals surface area contributed by atoms with E-state index in [4.69, 9.17) is 0 Å². The second-order valence-corrected chi connectivity index (χ2v) is 8.62. The minimum absolute atomic E-state index is 0.0198. The predicted octanol–water partition coefficient (Wildman–Crippen LogP) is 3.45. The Morgan fingerprint density at radius 2 is 1.71 bits per heavy atom. The molecule has 2 amide bonds. The van der Waals surface area contributed by atoms with Crippen molar-refractivity contribution in [2.45, 2.75) is 27.2 Å². The first-order valence-electron chi connectivity index (χ1n) is 10.3. The van der Waals surface area contributed by atoms with Gasteiger partial charge in [0.25, 0.3) is 17.5 Å². The van der Waals surface area contributed by atoms with Gasteiger partial charge in [-0.05, 0) is 50.7 Å². The van der Waals surface area contributed by atoms with E-state index < -0.39 is 4.92 Å². The van der Waals surface area contributed by atoms with Gasteiger partial charge < -0.3 is 4.57 Å². The van der Waals surface area contributed by atoms with Gasteiger partial charge in [-0.1, -0.05) is 18.2 Å². The van der Waals surface area contributed by atoms with Gasteiger partial charge in [-0.2, -0.15) is 10.1 Å². The molecule has 1 aromatic heterocycles. The van der Waals surface area contributed by atoms with Crippen molar-refractivity contribution in [1.82, 2.24) is 9.58 Å². The third-order valence-electron chi connectivity index (χ3n) is 6.87. The van der Waals surface area contributed by atoms with Gasteiger partial charge in [0.2, 0.25) is 0 Å². The Hall–Kier alpha value is -3.55. The molecule has 158 valence electrons. The normalized spacial score (nSPS) is 26.5. The van der Waals surface area contributed by atoms with Crippen LogP contribution in [0.3, 0.4) is 0 Å². The number of fused-ring (bicyclic) bond motifs is 5. The van der Waals surface area contributed by atoms with Crippen LogP contribution in [0.2, 0.25) is 0 Å². The monoisotopic (exact) mass is 418 g/mol. The summed E-state index contributed by atoms with van der Waals surface area (Å²) in [4.78, 5) is 36.4. The lowest BCUT2D eigenvalue weighted by Gasteiger charge is -2.13. The summed E-state index contributed by atoms with van der Waals surface area (Å²) in [7, 11) is 0. The Morgan fingerprint density at radius 1 is 1.06 bits per heavy atom. The largest absolute Gasteiger partial charge is 0.317 e. The fourth-order valence-electron chi connectivity index (χ4n) is 5.36. The molecule has 4 atom stereocenters. The van der Waals surface area contributed by atoms with E-state index in [-0.39, 0.29) is 41.2 Å². The summed E-state index contributed by atoms with van der Waals surface area (Å²) in [6, 6.07) is 6.66. The van der Waals surface area contributed by atoms with Crippen molar-refractivity contribution in [2.75, 3.05) is 0 Å². The first kappa shape index (κ1) is 19.4. The van der Waals surface area contributed by atoms with E-state index in [1.165, 1.54) is 12.3 Å². The summed E-state index contributed by atoms with van der Waals surface area (Å²) >= 11 is 0. The maximum atomic E-state index is 12.8. The number of imide groups is 1. The van der Waals surface area contributed by atoms with Crippen LogP contribution in [0, 0.1) is 54.6 Å². The van der Waals surface area contributed by atoms with E-state index in [1.807, 2.05) is 31.4 Å². The zero-order valence-electron chi connectivity index (χ0n) is 17.5. The van der Waals surface area contributed by atoms with E-state index in [1.54, 1.807) is 12.1 Å². The molecular weight excluding hydrogens is 396 g/mol. The standard InChI is InChI=1S/C23H22N4O4/c1-12-4-7-18(27(30)31)10-19(12)25-13(2)8-17(14(25)3)11-24-26-22(28)20-15-5-6-16(9-15)21(20)23(26)29/h4-8,10-11,15-16,20-21H,9H2,1-3H3/b24-11-/t15-,16-,20-,21-/m0/s1. The first-order chi connectivity index (χ1) is 14.8. The summed E-state index contributed by atoms with van der Waals surface area (Å²) in [5.41, 5.74) is 4.09. The van der Waals surface area contributed by atoms with Crippen LogP contribution in [-0.4, -0.2) is 32.5 Å². The number of nitro benzene ring substituents is 1. The van der Waals surface area contributed by atoms with E-state index >= 15 is 0 Å². The number of benzene rings is 1. The van der Waals surface area contributed by atoms with Gasteiger partial charge in [-0.3, -0.25) is 19.7 Å². The smallest absolute Gasteiger partial charge is 0.271 e. The van der Waals surface area contributed by atoms with E-state index in [0.717, 1.165) is 33.9 Å². The number of nitrogens with zero attached hydrogens (tertiary/aromatic N) is 4. The highest BCUT2D eigenvalue weighted by Gasteiger charge is 2.59. The summed E-state index contributed by atoms with van der Waals surface area (Å²) in [6.45, 7) is 5.69. The SMILES string of the molecule is Cc1ccc([N+](=O)[O-])cc1-n1c(C)cc(/C=N\N2C(=O)[C@@H]3[C@@H](C2=O)[C@H]2C=C[C@H]3C2)c1C. The molecule has 2 bridgehead atoms. The molecule has 3 aliphatic rings. The lowest BCUT2D eigenvalue weighted by molar-refractivity contribution is -0.384. The second kappa shape index (κ2) is 6.73. The molecule has 0 spiro atoms. The van der Waals surface area contributed by atoms with Gasteiger partial charge in [0.05, 0.1) is 28.7 Å². The molecule has 1 saturated carbocycles. The molecule has 2 aliphatic carbocycles. The molecule has 2 aromatic rings. The predicted molar refractivity (Wildman–Crippen MR) is 114 cm³/mol. The molecule has 0 unspecified atom stereocenters. The topological polar surface area (TPSA) is 97.8 Å². The van der Waals surface area contributed by atoms with E-state index in [9.17, 15) is 19.7 Å². The van der Waals surface area contributed by atoms with Gasteiger partial charge in [0.15, 0.2) is 0 Å². The Kier molecular flexibility index (Phi) is 4.22. The fourth-order valence-corrected chi connectivity index (χ4v) is 5.36. The minimum Gasteiger partial charge on any atom is -0.317 e. The van der Waals surface area contributed by atoms with Crippen LogP contribution in [0.25, 0.3) is 5.69 Å². The van der Waals surface area contributed by atoms with Crippen molar-refractivity contribution in [1.29, 1.82) is 0 Å². The molecule has 1 saturated heterocycles. The van der Waals surface area contributed by atoms with Crippen LogP contribution >= 0.6 is 0 Å². The van der Waals surface area contributed by atoms with E-state index in [0.29, 0.717) is 5.69 Å². The number of nitro groups is 1. The highest BCUT2D eigenvalue weighted by molar-refractivity contribution is 6.06. The molecule has 1 aromatic carbocycles. The number of allylic oxidation sites excluding steroid dienone is 2. The van der Waals surface area contributed by atoms with Gasteiger partial charge in [-0.25, -0.2) is 0 Å². The molecule has 8 nitrogen and oxygen atoms in total. The first-order valence-corrected chi connectivity index (χ1v) is 10.3. The lowest BCUT2D eigenvalue weighted by atomic mass is 9.85. The molecule has 2 fully saturated rings. The molecule has 2 heterocycles. The van der Waals surface area contributed by atoms with Crippen LogP contribution in [0.15, 0.2) is 41.5 Å². The van der Waals surface area contributed by atoms with Crippen LogP contribution in [0.5, 0.6) is 0 Å². The van der Waals surface area contributed by atoms with Gasteiger partial charge in [-0.15, -0.1) is 0 Å². The number of carbonyl (C=O) groups is 2. The molecular formula is C23H22N4O4. The molecule has 8 heteroatoms. The Bertz CT molecular complexity index is 1180. The van der Waals surface area contributed by atoms with Crippen molar-refractivity contribution < 1.29 is 14.5 Å². The third kappa shape index (κ3) is 2.78. The number of hydrogen-bond acceptors (Lipinski definition) is 5. The summed E-state index contributed by atoms with van der Waals surface area (Å²) in [6.07, 6.45) is 6.53. The second-order valence-electron chi connectivity index (χ2n) is 8.62. The van der Waals surface area contributed by atoms with Crippen LogP contribution in [0.4, 0.5) is 5.69 Å². The number of aromatic nitrogens is 1. The van der Waals surface area contributed by atoms with Gasteiger partial charge in [0.1, 0.15) is 0 Å². The quantitative estimate of drug-likeness (QED) is 0.250. The number of amides is 2. The summed E-state index contributed by atoms with van der Waals surface area (Å²) in [5, 5.41) is 16.5. The molecule has 1 aliphatic heterocycles. The third-order valence-corrected chi connectivity index (χ3v) is 6.87. The Labute approximate surface area is 179 Å². The van der Waals surface area contributed by atoms with Gasteiger partial charge >= 0.3 is 0 Å². The molecule has 0 radical (unpaired) electrons. The molecule has 5 rings (SSSR count). The summed E-state index contributed by atoms with van der Waals surface area (Å²) < 4.78 is 1.93. The minimum atomic E-state index is -0.414. The van der Waals surface area contributed by atoms with E-state index in [2.05, 4.69) is 17.3 Å². The lowest BCUT2D eigenvalue weighted by Crippen LogP contribution is -2.28. The van der Waals surface area contributed by atoms with Gasteiger partial charge in [0, 0.05) is 29.1 Å². The van der Waals surface area contributed by atoms with Crippen molar-refractivity contribution in [2.24, 2.45) is 28.8 Å². The number of hydrogen-bond donors (Lipinski definition) is 0. The van der Waals surface area contributed by atoms with Crippen LogP contribution in [-0.2, 0) is 9.59 Å². The van der Waals surface area contributed by atoms with Crippen LogP contribution in [0.1, 0.15) is 28.9 Å². The van der Waals surface area contributed by atoms with Crippen LogP contribution < -0.4 is 0 Å². The van der Waals surface area contributed by atoms with Crippen molar-refractivity contribution in [3.8, 4) is 5.69 Å². The highest BCUT2D eigenvalue weighted by Crippen LogP contribution is 2.52. The average Bonchev–Trinajstić information content (AvgIpc) is 3.46. The van der Waals surface area contributed by atoms with Crippen molar-refractivity contribution in [3.63, 3.8) is 0 Å². The maximum Gasteiger partial charge on any atom is 0.271 e. The fraction of sp³-hybridized carbons (Fsp3) is 0.348. The maximum absolute atomic E-state index is 12.8. The molecule has 31 heavy (non-hydrogen) atoms. The van der Waals surface area contributed by atoms with Crippen molar-refractivity contribution in [3.05, 3.63) is 69.0 Å². The average molecular weight is 418 g/mol. The number of rotatable bonds is 4. The highest BCUT2D eigenvalue weighted by atomic mass is 16.6. The zero-order chi connectivity index (χ0) is 22.0. The Balaban J connectivity index is 1.47. The Morgan fingerprint density at radius 3 is 2.32 bits per heavy atom. The molecule has 0 N–H and O–H groups in total. The van der Waals surface area contributed by atoms with Crippen molar-refractivity contribution >= 4 is 23.7 Å².